The van der Waals surface area contributed by atoms with Crippen molar-refractivity contribution in [2.45, 2.75) is 77.3 Å². The van der Waals surface area contributed by atoms with Crippen molar-refractivity contribution in [1.82, 2.24) is 0 Å². The molecule has 6 aromatic carbocycles. The number of benzene rings is 6. The zero-order valence-corrected chi connectivity index (χ0v) is 61.1. The van der Waals surface area contributed by atoms with Crippen LogP contribution < -0.4 is 39.8 Å². The molecule has 0 aliphatic heterocycles. The fourth-order valence-electron chi connectivity index (χ4n) is 9.54. The maximum Gasteiger partial charge on any atom is 0.573 e. The molecule has 0 radical (unpaired) electrons. The maximum absolute atomic E-state index is 13.1. The highest BCUT2D eigenvalue weighted by atomic mass is 32.2. The molecule has 6 aromatic heterocycles. The first-order valence-corrected chi connectivity index (χ1v) is 35.6. The van der Waals surface area contributed by atoms with E-state index in [4.69, 9.17) is 32.8 Å². The summed E-state index contributed by atoms with van der Waals surface area (Å²) < 4.78 is 213. The van der Waals surface area contributed by atoms with Crippen molar-refractivity contribution in [1.29, 1.82) is 0 Å². The number of thiophene rings is 3. The highest BCUT2D eigenvalue weighted by Crippen LogP contribution is 2.42. The van der Waals surface area contributed by atoms with Crippen LogP contribution in [0.4, 0.5) is 67.7 Å². The van der Waals surface area contributed by atoms with E-state index in [-0.39, 0.29) is 54.4 Å². The molecule has 0 atom stereocenters. The summed E-state index contributed by atoms with van der Waals surface area (Å²) in [5.74, 6) is -7.40. The van der Waals surface area contributed by atoms with Gasteiger partial charge in [0.15, 0.2) is 23.0 Å². The van der Waals surface area contributed by atoms with Crippen LogP contribution in [0.1, 0.15) is 104 Å². The Labute approximate surface area is 635 Å². The average Bonchev–Trinajstić information content (AvgIpc) is 1.64. The number of fused-ring (bicyclic) bond motifs is 3. The van der Waals surface area contributed by atoms with E-state index in [9.17, 15) is 95.0 Å². The zero-order valence-electron chi connectivity index (χ0n) is 57.8. The second kappa shape index (κ2) is 33.8. The molecular formula is C72H54BF12N3O20S4. The number of amides is 3. The molecule has 0 saturated heterocycles. The van der Waals surface area contributed by atoms with Gasteiger partial charge in [0, 0.05) is 43.4 Å². The van der Waals surface area contributed by atoms with Gasteiger partial charge in [0.2, 0.25) is 0 Å². The topological polar surface area (TPSA) is 328 Å². The first kappa shape index (κ1) is 84.2. The predicted octanol–water partition coefficient (Wildman–Crippen LogP) is 18.5. The van der Waals surface area contributed by atoms with Crippen LogP contribution in [0.5, 0.6) is 23.0 Å². The number of ether oxygens (including phenoxy) is 5. The van der Waals surface area contributed by atoms with E-state index in [0.29, 0.717) is 50.2 Å². The van der Waals surface area contributed by atoms with Gasteiger partial charge in [-0.05, 0) is 131 Å². The van der Waals surface area contributed by atoms with Gasteiger partial charge >= 0.3 is 59.7 Å². The van der Waals surface area contributed by atoms with Gasteiger partial charge in [0.05, 0.1) is 0 Å². The normalized spacial score (nSPS) is 11.9. The fraction of sp³-hybridized carbons (Fsp3) is 0.167. The standard InChI is InChI=1S/C25H20F3NO5S.C21H12F3NO5S.C19H16F3NO7S2.C7H6BF3O3/c1-24(2,3)34-23(31)20-17(14-8-10-16(11-9-14)33-25(26,27)28)13-35-22(20)29-21(30)19-12-15-6-4-5-7-18(15)32-19;22-21(23,24)30-13-7-5-11(6-8-13)14-10-31-19(17(14)20(27)28)25-18(26)16-9-12-3-1-2-4-15(12)29-16;1-18(2,3)29-17(25)14-13(30-32(26,27)19(20,21)22)9-31-16(14)23-15(24)12-8-10-6-4-5-7-11(10)28-12;9-7(10,11)14-6-3-1-5(2-4-6)8(12)13/h4-13H,1-3H3,(H,29,30);1-10H,(H,25,26)(H,27,28);4-9H,1-3H3,(H,23,24);1-4,12-13H. The van der Waals surface area contributed by atoms with E-state index in [1.807, 2.05) is 6.07 Å². The van der Waals surface area contributed by atoms with Crippen molar-refractivity contribution in [3.63, 3.8) is 0 Å². The summed E-state index contributed by atoms with van der Waals surface area (Å²) in [7, 11) is -7.77. The predicted molar refractivity (Wildman–Crippen MR) is 386 cm³/mol. The summed E-state index contributed by atoms with van der Waals surface area (Å²) in [6.07, 6.45) is -14.4. The second-order valence-electron chi connectivity index (χ2n) is 24.7. The molecular weight excluding hydrogens is 1590 g/mol. The SMILES string of the molecule is CC(C)(C)OC(=O)c1c(-c2ccc(OC(F)(F)F)cc2)csc1NC(=O)c1cc2ccccc2o1.CC(C)(C)OC(=O)c1c(OS(=O)(=O)C(F)(F)F)csc1NC(=O)c1cc2ccccc2o1.O=C(Nc1scc(-c2ccc(OC(F)(F)F)cc2)c1C(=O)O)c1cc2ccccc2o1.OB(O)c1ccc(OC(F)(F)F)cc1. The summed E-state index contributed by atoms with van der Waals surface area (Å²) >= 11 is 2.64. The van der Waals surface area contributed by atoms with Crippen LogP contribution in [-0.4, -0.2) is 102 Å². The Balaban J connectivity index is 0.000000178. The monoisotopic (exact) mass is 1650 g/mol. The lowest BCUT2D eigenvalue weighted by atomic mass is 9.80. The van der Waals surface area contributed by atoms with E-state index < -0.39 is 117 Å². The lowest BCUT2D eigenvalue weighted by Crippen LogP contribution is -2.29. The van der Waals surface area contributed by atoms with E-state index in [1.165, 1.54) is 56.5 Å². The molecule has 0 saturated carbocycles. The fourth-order valence-corrected chi connectivity index (χ4v) is 12.8. The Morgan fingerprint density at radius 3 is 1.06 bits per heavy atom. The first-order valence-electron chi connectivity index (χ1n) is 31.6. The van der Waals surface area contributed by atoms with Gasteiger partial charge in [0.1, 0.15) is 76.9 Å². The van der Waals surface area contributed by atoms with E-state index in [0.717, 1.165) is 87.4 Å². The number of aromatic carboxylic acids is 1. The minimum absolute atomic E-state index is 0.0149. The molecule has 0 bridgehead atoms. The van der Waals surface area contributed by atoms with Crippen LogP contribution >= 0.6 is 34.0 Å². The molecule has 23 nitrogen and oxygen atoms in total. The number of nitrogens with one attached hydrogen (secondary N) is 3. The second-order valence-corrected chi connectivity index (χ2v) is 28.9. The number of hydrogen-bond acceptors (Lipinski definition) is 22. The van der Waals surface area contributed by atoms with Crippen LogP contribution in [0.25, 0.3) is 55.2 Å². The molecule has 12 rings (SSSR count). The van der Waals surface area contributed by atoms with Gasteiger partial charge < -0.3 is 72.2 Å². The lowest BCUT2D eigenvalue weighted by Gasteiger charge is -2.20. The summed E-state index contributed by atoms with van der Waals surface area (Å²) in [5, 5.41) is 40.6. The van der Waals surface area contributed by atoms with Crippen LogP contribution in [0, 0.1) is 0 Å². The number of para-hydroxylation sites is 3. The van der Waals surface area contributed by atoms with Crippen molar-refractivity contribution in [3.05, 3.63) is 214 Å². The Bertz CT molecular complexity index is 5420. The van der Waals surface area contributed by atoms with E-state index in [2.05, 4.69) is 34.3 Å². The third-order valence-electron chi connectivity index (χ3n) is 14.1. The Morgan fingerprint density at radius 2 is 0.741 bits per heavy atom. The number of carboxylic acids is 1. The maximum atomic E-state index is 13.1. The van der Waals surface area contributed by atoms with Crippen molar-refractivity contribution >= 4 is 140 Å². The van der Waals surface area contributed by atoms with Gasteiger partial charge in [0.25, 0.3) is 17.7 Å². The highest BCUT2D eigenvalue weighted by Gasteiger charge is 2.50. The number of esters is 2. The van der Waals surface area contributed by atoms with Gasteiger partial charge in [-0.1, -0.05) is 91.0 Å². The molecule has 6 heterocycles. The largest absolute Gasteiger partial charge is 0.573 e. The molecule has 3 amide bonds. The molecule has 0 fully saturated rings. The third-order valence-corrected chi connectivity index (χ3v) is 17.7. The van der Waals surface area contributed by atoms with Crippen molar-refractivity contribution in [3.8, 4) is 45.3 Å². The van der Waals surface area contributed by atoms with Gasteiger partial charge in [-0.3, -0.25) is 14.4 Å². The van der Waals surface area contributed by atoms with Crippen LogP contribution in [0.3, 0.4) is 0 Å². The number of carbonyl (C=O) groups is 6. The quantitative estimate of drug-likeness (QED) is 0.0162. The van der Waals surface area contributed by atoms with Crippen molar-refractivity contribution in [2.24, 2.45) is 0 Å². The Kier molecular flexibility index (Phi) is 25.4. The number of halogens is 12. The molecule has 0 aliphatic rings. The summed E-state index contributed by atoms with van der Waals surface area (Å²) in [5.41, 5.74) is -5.39. The first-order chi connectivity index (χ1) is 52.2. The van der Waals surface area contributed by atoms with Crippen molar-refractivity contribution < 1.29 is 146 Å². The summed E-state index contributed by atoms with van der Waals surface area (Å²) in [6.45, 7) is 9.59. The van der Waals surface area contributed by atoms with E-state index >= 15 is 0 Å². The minimum Gasteiger partial charge on any atom is -0.478 e. The number of carbonyl (C=O) groups excluding carboxylic acids is 5. The molecule has 0 spiro atoms. The van der Waals surface area contributed by atoms with Gasteiger partial charge in [-0.2, -0.15) is 21.6 Å². The molecule has 6 N–H and O–H groups in total. The van der Waals surface area contributed by atoms with Crippen LogP contribution in [0.2, 0.25) is 0 Å². The van der Waals surface area contributed by atoms with Crippen LogP contribution in [0.15, 0.2) is 193 Å². The molecule has 112 heavy (non-hydrogen) atoms. The van der Waals surface area contributed by atoms with E-state index in [1.54, 1.807) is 105 Å². The van der Waals surface area contributed by atoms with Crippen molar-refractivity contribution in [2.75, 3.05) is 16.0 Å². The number of hydrogen-bond donors (Lipinski definition) is 6. The third kappa shape index (κ3) is 22.9. The zero-order chi connectivity index (χ0) is 82.2. The number of alkyl halides is 12. The average molecular weight is 1650 g/mol. The molecule has 0 unspecified atom stereocenters. The number of rotatable bonds is 17. The molecule has 40 heteroatoms. The van der Waals surface area contributed by atoms with Gasteiger partial charge in [-0.15, -0.1) is 73.5 Å². The Morgan fingerprint density at radius 1 is 0.429 bits per heavy atom. The highest BCUT2D eigenvalue weighted by molar-refractivity contribution is 7.88. The Hall–Kier alpha value is -11.8. The van der Waals surface area contributed by atoms with Crippen LogP contribution in [-0.2, 0) is 19.6 Å². The molecule has 12 aromatic rings. The number of furan rings is 3. The lowest BCUT2D eigenvalue weighted by molar-refractivity contribution is -0.275. The molecule has 588 valence electrons. The summed E-state index contributed by atoms with van der Waals surface area (Å²) in [4.78, 5) is 75.6. The summed E-state index contributed by atoms with van der Waals surface area (Å²) in [6, 6.07) is 39.6. The number of anilines is 3. The minimum atomic E-state index is -6.07. The molecule has 0 aliphatic carbocycles. The van der Waals surface area contributed by atoms with Gasteiger partial charge in [-0.25, -0.2) is 14.4 Å². The smallest absolute Gasteiger partial charge is 0.478 e. The number of carboxylic acid groups (broad SMARTS) is 1.